The highest BCUT2D eigenvalue weighted by molar-refractivity contribution is 6.08. The molecule has 38 heavy (non-hydrogen) atoms. The molecule has 0 aliphatic carbocycles. The number of methoxy groups -OCH3 is 1. The van der Waals surface area contributed by atoms with E-state index in [-0.39, 0.29) is 36.1 Å². The van der Waals surface area contributed by atoms with Crippen molar-refractivity contribution < 1.29 is 32.2 Å². The number of anilines is 1. The van der Waals surface area contributed by atoms with Gasteiger partial charge in [-0.15, -0.1) is 0 Å². The maximum absolute atomic E-state index is 13.3. The van der Waals surface area contributed by atoms with E-state index >= 15 is 0 Å². The molecule has 0 aliphatic heterocycles. The van der Waals surface area contributed by atoms with Crippen LogP contribution in [0.5, 0.6) is 5.88 Å². The van der Waals surface area contributed by atoms with Crippen molar-refractivity contribution in [3.8, 4) is 17.0 Å². The molecular formula is C27H31F3N4O4. The van der Waals surface area contributed by atoms with Gasteiger partial charge in [-0.2, -0.15) is 13.2 Å². The quantitative estimate of drug-likeness (QED) is 0.149. The van der Waals surface area contributed by atoms with Crippen LogP contribution in [0.4, 0.5) is 18.9 Å². The van der Waals surface area contributed by atoms with Gasteiger partial charge in [0.1, 0.15) is 11.3 Å². The summed E-state index contributed by atoms with van der Waals surface area (Å²) in [6, 6.07) is 9.61. The van der Waals surface area contributed by atoms with Gasteiger partial charge in [-0.05, 0) is 55.0 Å². The zero-order valence-corrected chi connectivity index (χ0v) is 21.6. The fourth-order valence-corrected chi connectivity index (χ4v) is 4.20. The third-order valence-corrected chi connectivity index (χ3v) is 5.99. The van der Waals surface area contributed by atoms with Gasteiger partial charge in [0, 0.05) is 22.2 Å². The van der Waals surface area contributed by atoms with Crippen LogP contribution in [0, 0.1) is 5.41 Å². The summed E-state index contributed by atoms with van der Waals surface area (Å²) in [5, 5.41) is 8.24. The molecule has 1 aromatic heterocycles. The number of aromatic nitrogens is 1. The van der Waals surface area contributed by atoms with Gasteiger partial charge in [-0.3, -0.25) is 10.2 Å². The lowest BCUT2D eigenvalue weighted by molar-refractivity contribution is -0.106. The largest absolute Gasteiger partial charge is 0.480 e. The van der Waals surface area contributed by atoms with Crippen LogP contribution in [-0.4, -0.2) is 43.0 Å². The summed E-state index contributed by atoms with van der Waals surface area (Å²) in [5.74, 6) is -0.426. The second-order valence-electron chi connectivity index (χ2n) is 8.19. The number of rotatable bonds is 8. The average molecular weight is 533 g/mol. The van der Waals surface area contributed by atoms with Crippen LogP contribution < -0.4 is 16.2 Å². The normalized spacial score (nSPS) is 11.1. The zero-order valence-electron chi connectivity index (χ0n) is 21.6. The highest BCUT2D eigenvalue weighted by Crippen LogP contribution is 2.40. The van der Waals surface area contributed by atoms with Crippen LogP contribution in [0.1, 0.15) is 61.0 Å². The Balaban J connectivity index is 0.00000161. The number of hydrogen-bond donors (Lipinski definition) is 3. The molecule has 0 saturated carbocycles. The molecule has 0 atom stereocenters. The second-order valence-corrected chi connectivity index (χ2v) is 8.19. The number of carbonyl (C=O) groups excluding carboxylic acids is 2. The smallest absolute Gasteiger partial charge is 0.433 e. The van der Waals surface area contributed by atoms with Gasteiger partial charge < -0.3 is 20.9 Å². The van der Waals surface area contributed by atoms with Crippen molar-refractivity contribution in [2.45, 2.75) is 45.7 Å². The highest BCUT2D eigenvalue weighted by atomic mass is 19.4. The van der Waals surface area contributed by atoms with Crippen LogP contribution in [0.25, 0.3) is 22.0 Å². The minimum absolute atomic E-state index is 0.0533. The Morgan fingerprint density at radius 1 is 1.11 bits per heavy atom. The van der Waals surface area contributed by atoms with Gasteiger partial charge in [0.15, 0.2) is 0 Å². The van der Waals surface area contributed by atoms with Crippen LogP contribution in [0.15, 0.2) is 36.4 Å². The summed E-state index contributed by atoms with van der Waals surface area (Å²) in [6.45, 7) is 5.94. The van der Waals surface area contributed by atoms with Crippen molar-refractivity contribution in [1.29, 1.82) is 5.41 Å². The van der Waals surface area contributed by atoms with Crippen molar-refractivity contribution in [2.75, 3.05) is 19.5 Å². The van der Waals surface area contributed by atoms with Crippen LogP contribution in [0.3, 0.4) is 0 Å². The Hall–Kier alpha value is -4.15. The second kappa shape index (κ2) is 12.9. The Kier molecular flexibility index (Phi) is 10.2. The van der Waals surface area contributed by atoms with E-state index in [2.05, 4.69) is 10.7 Å². The molecule has 0 radical (unpaired) electrons. The summed E-state index contributed by atoms with van der Waals surface area (Å²) >= 11 is 0. The number of primary amides is 1. The maximum Gasteiger partial charge on any atom is 0.433 e. The number of nitrogens with two attached hydrogens (primary N) is 2. The number of alkyl halides is 3. The molecule has 0 saturated heterocycles. The SMILES string of the molecule is CCOC(=O)c1cc2ccc(C(CC)CC)c(-c3ccc(N)c(C(=N)C(F)(F)F)c3)c2nc1OC.NC=O. The fourth-order valence-electron chi connectivity index (χ4n) is 4.20. The Morgan fingerprint density at radius 2 is 1.74 bits per heavy atom. The number of fused-ring (bicyclic) bond motifs is 1. The van der Waals surface area contributed by atoms with E-state index in [4.69, 9.17) is 25.4 Å². The number of carbonyl (C=O) groups is 2. The summed E-state index contributed by atoms with van der Waals surface area (Å²) in [4.78, 5) is 25.6. The number of hydrogen-bond acceptors (Lipinski definition) is 7. The molecule has 0 fully saturated rings. The average Bonchev–Trinajstić information content (AvgIpc) is 2.88. The first-order valence-electron chi connectivity index (χ1n) is 11.9. The minimum atomic E-state index is -4.85. The lowest BCUT2D eigenvalue weighted by atomic mass is 9.85. The number of esters is 1. The van der Waals surface area contributed by atoms with Crippen molar-refractivity contribution >= 4 is 34.7 Å². The zero-order chi connectivity index (χ0) is 28.6. The molecule has 204 valence electrons. The number of nitrogens with one attached hydrogen (secondary N) is 1. The molecule has 11 heteroatoms. The maximum atomic E-state index is 13.3. The topological polar surface area (TPSA) is 141 Å². The predicted molar refractivity (Wildman–Crippen MR) is 141 cm³/mol. The van der Waals surface area contributed by atoms with E-state index in [1.165, 1.54) is 19.2 Å². The predicted octanol–water partition coefficient (Wildman–Crippen LogP) is 5.60. The summed E-state index contributed by atoms with van der Waals surface area (Å²) in [7, 11) is 1.38. The number of ether oxygens (including phenoxy) is 2. The first-order chi connectivity index (χ1) is 18.0. The molecule has 0 aliphatic rings. The van der Waals surface area contributed by atoms with E-state index < -0.39 is 23.4 Å². The molecule has 0 spiro atoms. The molecule has 8 nitrogen and oxygen atoms in total. The van der Waals surface area contributed by atoms with E-state index in [0.29, 0.717) is 22.0 Å². The first kappa shape index (κ1) is 30.1. The lowest BCUT2D eigenvalue weighted by Crippen LogP contribution is -2.24. The Morgan fingerprint density at radius 3 is 2.26 bits per heavy atom. The number of halogens is 3. The number of nitrogens with zero attached hydrogens (tertiary/aromatic N) is 1. The van der Waals surface area contributed by atoms with Crippen LogP contribution in [-0.2, 0) is 9.53 Å². The standard InChI is InChI=1S/C26H28F3N3O3.CH3NO/c1-5-14(6-2)17-10-8-16-13-19(25(33)35-7-3)24(34-4)32-22(16)21(17)15-9-11-20(30)18(12-15)23(31)26(27,28)29;2-1-3/h8-14,31H,5-7,30H2,1-4H3;1H,(H2,2,3). The van der Waals surface area contributed by atoms with Crippen molar-refractivity contribution in [1.82, 2.24) is 4.98 Å². The van der Waals surface area contributed by atoms with E-state index in [9.17, 15) is 18.0 Å². The fraction of sp³-hybridized carbons (Fsp3) is 0.333. The summed E-state index contributed by atoms with van der Waals surface area (Å²) in [6.07, 6.45) is -3.00. The molecule has 1 heterocycles. The number of nitrogen functional groups attached to an aromatic ring is 1. The third kappa shape index (κ3) is 6.39. The van der Waals surface area contributed by atoms with E-state index in [0.717, 1.165) is 18.4 Å². The van der Waals surface area contributed by atoms with E-state index in [1.54, 1.807) is 19.1 Å². The van der Waals surface area contributed by atoms with Crippen LogP contribution >= 0.6 is 0 Å². The molecule has 5 N–H and O–H groups in total. The van der Waals surface area contributed by atoms with Crippen LogP contribution in [0.2, 0.25) is 0 Å². The summed E-state index contributed by atoms with van der Waals surface area (Å²) in [5.41, 5.74) is 10.5. The molecular weight excluding hydrogens is 501 g/mol. The number of pyridine rings is 1. The van der Waals surface area contributed by atoms with Gasteiger partial charge in [-0.1, -0.05) is 32.0 Å². The monoisotopic (exact) mass is 532 g/mol. The molecule has 3 rings (SSSR count). The van der Waals surface area contributed by atoms with Crippen molar-refractivity contribution in [2.24, 2.45) is 5.73 Å². The molecule has 1 amide bonds. The highest BCUT2D eigenvalue weighted by Gasteiger charge is 2.36. The minimum Gasteiger partial charge on any atom is -0.480 e. The van der Waals surface area contributed by atoms with Crippen molar-refractivity contribution in [3.05, 3.63) is 53.1 Å². The molecule has 3 aromatic rings. The molecule has 0 bridgehead atoms. The molecule has 2 aromatic carbocycles. The van der Waals surface area contributed by atoms with Gasteiger partial charge in [0.2, 0.25) is 12.3 Å². The number of benzene rings is 2. The summed E-state index contributed by atoms with van der Waals surface area (Å²) < 4.78 is 50.5. The van der Waals surface area contributed by atoms with E-state index in [1.807, 2.05) is 26.0 Å². The van der Waals surface area contributed by atoms with Gasteiger partial charge in [0.05, 0.1) is 19.2 Å². The Bertz CT molecular complexity index is 1320. The van der Waals surface area contributed by atoms with Gasteiger partial charge in [-0.25, -0.2) is 9.78 Å². The Labute approximate surface area is 218 Å². The molecule has 0 unspecified atom stereocenters. The first-order valence-corrected chi connectivity index (χ1v) is 11.9. The lowest BCUT2D eigenvalue weighted by Gasteiger charge is -2.21. The van der Waals surface area contributed by atoms with Gasteiger partial charge in [0.25, 0.3) is 0 Å². The van der Waals surface area contributed by atoms with Crippen molar-refractivity contribution in [3.63, 3.8) is 0 Å². The third-order valence-electron chi connectivity index (χ3n) is 5.99. The number of amides is 1. The van der Waals surface area contributed by atoms with Gasteiger partial charge >= 0.3 is 12.1 Å².